The molecule has 1 amide bonds. The molecule has 0 aliphatic carbocycles. The average Bonchev–Trinajstić information content (AvgIpc) is 2.95. The monoisotopic (exact) mass is 297 g/mol. The van der Waals surface area contributed by atoms with Crippen molar-refractivity contribution in [2.24, 2.45) is 11.5 Å². The number of nitrogens with two attached hydrogens (primary N) is 2. The van der Waals surface area contributed by atoms with E-state index in [0.29, 0.717) is 16.9 Å². The van der Waals surface area contributed by atoms with Gasteiger partial charge in [0.2, 0.25) is 0 Å². The van der Waals surface area contributed by atoms with Crippen LogP contribution in [-0.4, -0.2) is 25.7 Å². The summed E-state index contributed by atoms with van der Waals surface area (Å²) in [5, 5.41) is 5.02. The van der Waals surface area contributed by atoms with Crippen molar-refractivity contribution < 1.29 is 4.79 Å². The van der Waals surface area contributed by atoms with Crippen LogP contribution in [0, 0.1) is 0 Å². The van der Waals surface area contributed by atoms with E-state index in [9.17, 15) is 4.79 Å². The first-order valence-corrected chi connectivity index (χ1v) is 6.51. The molecule has 6 nitrogen and oxygen atoms in total. The van der Waals surface area contributed by atoms with Crippen LogP contribution in [0.4, 0.5) is 0 Å². The number of thiocarbonyl (C=S) groups is 1. The van der Waals surface area contributed by atoms with Gasteiger partial charge in [0, 0.05) is 11.6 Å². The Bertz CT molecular complexity index is 871. The molecule has 21 heavy (non-hydrogen) atoms. The van der Waals surface area contributed by atoms with Crippen molar-refractivity contribution in [2.45, 2.75) is 0 Å². The second-order valence-corrected chi connectivity index (χ2v) is 4.89. The summed E-state index contributed by atoms with van der Waals surface area (Å²) in [7, 11) is 0. The average molecular weight is 297 g/mol. The molecule has 0 radical (unpaired) electrons. The van der Waals surface area contributed by atoms with Crippen LogP contribution >= 0.6 is 12.2 Å². The number of rotatable bonds is 3. The van der Waals surface area contributed by atoms with Crippen molar-refractivity contribution in [1.82, 2.24) is 14.8 Å². The molecule has 1 aromatic carbocycles. The number of para-hydroxylation sites is 1. The van der Waals surface area contributed by atoms with Crippen LogP contribution in [0.15, 0.2) is 42.7 Å². The minimum atomic E-state index is -0.557. The Hall–Kier alpha value is -2.80. The third-order valence-corrected chi connectivity index (χ3v) is 3.27. The van der Waals surface area contributed by atoms with Crippen LogP contribution in [0.5, 0.6) is 0 Å². The summed E-state index contributed by atoms with van der Waals surface area (Å²) in [6, 6.07) is 9.45. The van der Waals surface area contributed by atoms with E-state index in [1.807, 2.05) is 30.3 Å². The van der Waals surface area contributed by atoms with Gasteiger partial charge in [-0.1, -0.05) is 30.4 Å². The van der Waals surface area contributed by atoms with Gasteiger partial charge in [-0.2, -0.15) is 5.10 Å². The van der Waals surface area contributed by atoms with E-state index in [0.717, 1.165) is 10.9 Å². The zero-order chi connectivity index (χ0) is 15.0. The summed E-state index contributed by atoms with van der Waals surface area (Å²) in [6.07, 6.45) is 2.88. The van der Waals surface area contributed by atoms with Crippen LogP contribution in [0.2, 0.25) is 0 Å². The quantitative estimate of drug-likeness (QED) is 0.706. The summed E-state index contributed by atoms with van der Waals surface area (Å²) in [4.78, 5) is 15.9. The lowest BCUT2D eigenvalue weighted by atomic mass is 10.1. The highest BCUT2D eigenvalue weighted by molar-refractivity contribution is 7.80. The van der Waals surface area contributed by atoms with E-state index in [-0.39, 0.29) is 4.99 Å². The van der Waals surface area contributed by atoms with Crippen LogP contribution in [0.1, 0.15) is 15.9 Å². The number of primary amides is 1. The van der Waals surface area contributed by atoms with Gasteiger partial charge in [-0.15, -0.1) is 0 Å². The Kier molecular flexibility index (Phi) is 3.11. The topological polar surface area (TPSA) is 99.8 Å². The van der Waals surface area contributed by atoms with Gasteiger partial charge in [0.1, 0.15) is 4.99 Å². The highest BCUT2D eigenvalue weighted by atomic mass is 32.1. The molecule has 0 saturated heterocycles. The molecule has 0 unspecified atom stereocenters. The highest BCUT2D eigenvalue weighted by Gasteiger charge is 2.13. The number of hydrogen-bond donors (Lipinski definition) is 2. The molecule has 0 atom stereocenters. The largest absolute Gasteiger partial charge is 0.389 e. The normalized spacial score (nSPS) is 10.7. The number of hydrogen-bond acceptors (Lipinski definition) is 4. The third-order valence-electron chi connectivity index (χ3n) is 3.05. The molecule has 7 heteroatoms. The van der Waals surface area contributed by atoms with E-state index < -0.39 is 5.91 Å². The maximum absolute atomic E-state index is 11.2. The van der Waals surface area contributed by atoms with Gasteiger partial charge in [-0.05, 0) is 12.1 Å². The molecule has 0 spiro atoms. The van der Waals surface area contributed by atoms with Gasteiger partial charge >= 0.3 is 0 Å². The molecule has 104 valence electrons. The van der Waals surface area contributed by atoms with Gasteiger partial charge < -0.3 is 11.5 Å². The number of fused-ring (bicyclic) bond motifs is 1. The predicted molar refractivity (Wildman–Crippen MR) is 83.3 cm³/mol. The second-order valence-electron chi connectivity index (χ2n) is 4.45. The molecule has 2 aromatic heterocycles. The Morgan fingerprint density at radius 1 is 1.24 bits per heavy atom. The minimum absolute atomic E-state index is 0.208. The molecule has 0 aliphatic rings. The van der Waals surface area contributed by atoms with Crippen LogP contribution in [-0.2, 0) is 0 Å². The molecule has 4 N–H and O–H groups in total. The van der Waals surface area contributed by atoms with Gasteiger partial charge in [0.15, 0.2) is 5.82 Å². The Morgan fingerprint density at radius 2 is 2.00 bits per heavy atom. The molecule has 0 fully saturated rings. The Balaban J connectivity index is 2.25. The number of nitrogens with zero attached hydrogens (tertiary/aromatic N) is 3. The van der Waals surface area contributed by atoms with Crippen molar-refractivity contribution in [2.75, 3.05) is 0 Å². The lowest BCUT2D eigenvalue weighted by molar-refractivity contribution is 0.100. The SMILES string of the molecule is NC(=O)c1cnn(-c2nc3ccccc3cc2C(N)=S)c1. The Labute approximate surface area is 125 Å². The van der Waals surface area contributed by atoms with Crippen LogP contribution in [0.3, 0.4) is 0 Å². The van der Waals surface area contributed by atoms with Crippen molar-refractivity contribution in [3.8, 4) is 5.82 Å². The first kappa shape index (κ1) is 13.2. The zero-order valence-electron chi connectivity index (χ0n) is 10.9. The minimum Gasteiger partial charge on any atom is -0.389 e. The predicted octanol–water partition coefficient (Wildman–Crippen LogP) is 1.15. The fourth-order valence-corrected chi connectivity index (χ4v) is 2.18. The standard InChI is InChI=1S/C14H11N5OS/c15-12(20)9-6-17-19(7-9)14-10(13(16)21)5-8-3-1-2-4-11(8)18-14/h1-7H,(H2,15,20)(H2,16,21). The lowest BCUT2D eigenvalue weighted by Gasteiger charge is -2.09. The number of carbonyl (C=O) groups is 1. The first-order valence-electron chi connectivity index (χ1n) is 6.10. The fourth-order valence-electron chi connectivity index (χ4n) is 2.03. The van der Waals surface area contributed by atoms with Crippen molar-refractivity contribution in [3.05, 3.63) is 53.9 Å². The van der Waals surface area contributed by atoms with Gasteiger partial charge in [0.25, 0.3) is 5.91 Å². The summed E-state index contributed by atoms with van der Waals surface area (Å²) in [5.41, 5.74) is 12.7. The number of aromatic nitrogens is 3. The van der Waals surface area contributed by atoms with Crippen molar-refractivity contribution >= 4 is 34.0 Å². The molecule has 2 heterocycles. The Morgan fingerprint density at radius 3 is 2.67 bits per heavy atom. The molecule has 3 rings (SSSR count). The van der Waals surface area contributed by atoms with E-state index in [4.69, 9.17) is 23.7 Å². The van der Waals surface area contributed by atoms with E-state index >= 15 is 0 Å². The highest BCUT2D eigenvalue weighted by Crippen LogP contribution is 2.19. The number of pyridine rings is 1. The maximum atomic E-state index is 11.2. The summed E-state index contributed by atoms with van der Waals surface area (Å²) >= 11 is 5.08. The molecule has 0 aliphatic heterocycles. The maximum Gasteiger partial charge on any atom is 0.251 e. The third kappa shape index (κ3) is 2.34. The van der Waals surface area contributed by atoms with Crippen molar-refractivity contribution in [1.29, 1.82) is 0 Å². The molecular weight excluding hydrogens is 286 g/mol. The fraction of sp³-hybridized carbons (Fsp3) is 0. The lowest BCUT2D eigenvalue weighted by Crippen LogP contribution is -2.15. The van der Waals surface area contributed by atoms with E-state index in [1.165, 1.54) is 17.1 Å². The van der Waals surface area contributed by atoms with Gasteiger partial charge in [-0.3, -0.25) is 4.79 Å². The smallest absolute Gasteiger partial charge is 0.251 e. The zero-order valence-corrected chi connectivity index (χ0v) is 11.7. The van der Waals surface area contributed by atoms with Crippen LogP contribution in [0.25, 0.3) is 16.7 Å². The van der Waals surface area contributed by atoms with Crippen molar-refractivity contribution in [3.63, 3.8) is 0 Å². The number of carbonyl (C=O) groups excluding carboxylic acids is 1. The molecule has 0 saturated carbocycles. The van der Waals surface area contributed by atoms with E-state index in [2.05, 4.69) is 10.1 Å². The van der Waals surface area contributed by atoms with Crippen LogP contribution < -0.4 is 11.5 Å². The first-order chi connectivity index (χ1) is 10.1. The summed E-state index contributed by atoms with van der Waals surface area (Å²) < 4.78 is 1.45. The second kappa shape index (κ2) is 4.95. The summed E-state index contributed by atoms with van der Waals surface area (Å²) in [6.45, 7) is 0. The molecular formula is C14H11N5OS. The number of amides is 1. The van der Waals surface area contributed by atoms with Gasteiger partial charge in [-0.25, -0.2) is 9.67 Å². The summed E-state index contributed by atoms with van der Waals surface area (Å²) in [5.74, 6) is -0.0902. The number of benzene rings is 1. The molecule has 0 bridgehead atoms. The molecule has 3 aromatic rings. The van der Waals surface area contributed by atoms with Gasteiger partial charge in [0.05, 0.1) is 22.8 Å². The van der Waals surface area contributed by atoms with E-state index in [1.54, 1.807) is 0 Å².